The number of pyridine rings is 1. The number of carbonyl (C=O) groups is 1. The highest BCUT2D eigenvalue weighted by atomic mass is 79.9. The average molecular weight is 488 g/mol. The first kappa shape index (κ1) is 24.3. The molecular formula is C21H35BrN2O4Si. The number of amides is 1. The van der Waals surface area contributed by atoms with Crippen molar-refractivity contribution in [3.63, 3.8) is 0 Å². The van der Waals surface area contributed by atoms with Gasteiger partial charge in [-0.3, -0.25) is 4.98 Å². The number of rotatable bonds is 3. The average Bonchev–Trinajstić information content (AvgIpc) is 2.51. The molecule has 29 heavy (non-hydrogen) atoms. The standard InChI is InChI=1S/C21H35BrN2O4Si/c1-19(2,3)27-18(25)24-13-16(28-29(7,8)20(4,5)6)11-21(26,14-24)17-10-9-15(22)12-23-17/h9-10,12,16,26H,11,13-14H2,1-8H3/t16-,21?/m1/s1. The van der Waals surface area contributed by atoms with Crippen molar-refractivity contribution in [1.82, 2.24) is 9.88 Å². The van der Waals surface area contributed by atoms with Crippen LogP contribution < -0.4 is 0 Å². The van der Waals surface area contributed by atoms with Crippen molar-refractivity contribution in [2.24, 2.45) is 0 Å². The Balaban J connectivity index is 2.34. The number of β-amino-alcohol motifs (C(OH)–C–C–N with tert-alkyl or cyclic N) is 1. The minimum Gasteiger partial charge on any atom is -0.444 e. The number of nitrogens with zero attached hydrogens (tertiary/aromatic N) is 2. The van der Waals surface area contributed by atoms with Crippen molar-refractivity contribution in [3.8, 4) is 0 Å². The van der Waals surface area contributed by atoms with Gasteiger partial charge in [0.25, 0.3) is 0 Å². The van der Waals surface area contributed by atoms with E-state index in [2.05, 4.69) is 54.8 Å². The van der Waals surface area contributed by atoms with Crippen LogP contribution in [0.15, 0.2) is 22.8 Å². The van der Waals surface area contributed by atoms with E-state index in [1.165, 1.54) is 0 Å². The molecule has 1 aromatic heterocycles. The number of carbonyl (C=O) groups excluding carboxylic acids is 1. The lowest BCUT2D eigenvalue weighted by Gasteiger charge is -2.47. The first-order valence-corrected chi connectivity index (χ1v) is 13.7. The molecule has 1 aliphatic heterocycles. The topological polar surface area (TPSA) is 71.9 Å². The molecule has 1 amide bonds. The van der Waals surface area contributed by atoms with Crippen molar-refractivity contribution < 1.29 is 19.1 Å². The fourth-order valence-electron chi connectivity index (χ4n) is 3.11. The Morgan fingerprint density at radius 3 is 2.38 bits per heavy atom. The summed E-state index contributed by atoms with van der Waals surface area (Å²) in [6.07, 6.45) is 1.29. The number of hydrogen-bond donors (Lipinski definition) is 1. The zero-order chi connectivity index (χ0) is 22.3. The predicted molar refractivity (Wildman–Crippen MR) is 120 cm³/mol. The van der Waals surface area contributed by atoms with Crippen molar-refractivity contribution in [2.75, 3.05) is 13.1 Å². The van der Waals surface area contributed by atoms with E-state index in [0.717, 1.165) is 4.47 Å². The van der Waals surface area contributed by atoms with Gasteiger partial charge < -0.3 is 19.2 Å². The van der Waals surface area contributed by atoms with E-state index in [9.17, 15) is 9.90 Å². The summed E-state index contributed by atoms with van der Waals surface area (Å²) in [5.41, 5.74) is -1.39. The maximum atomic E-state index is 12.8. The Bertz CT molecular complexity index is 728. The third kappa shape index (κ3) is 6.26. The molecule has 0 saturated carbocycles. The molecule has 164 valence electrons. The van der Waals surface area contributed by atoms with Crippen molar-refractivity contribution in [1.29, 1.82) is 0 Å². The van der Waals surface area contributed by atoms with Gasteiger partial charge in [-0.05, 0) is 67.0 Å². The third-order valence-electron chi connectivity index (χ3n) is 5.57. The van der Waals surface area contributed by atoms with Crippen LogP contribution in [0.4, 0.5) is 4.79 Å². The maximum Gasteiger partial charge on any atom is 0.410 e. The summed E-state index contributed by atoms with van der Waals surface area (Å²) in [6.45, 7) is 16.9. The zero-order valence-electron chi connectivity index (χ0n) is 18.9. The molecule has 0 aromatic carbocycles. The highest BCUT2D eigenvalue weighted by Crippen LogP contribution is 2.40. The second-order valence-corrected chi connectivity index (χ2v) is 16.1. The van der Waals surface area contributed by atoms with Gasteiger partial charge in [-0.25, -0.2) is 4.79 Å². The van der Waals surface area contributed by atoms with Crippen LogP contribution in [0.25, 0.3) is 0 Å². The molecule has 0 aliphatic carbocycles. The molecule has 1 N–H and O–H groups in total. The fraction of sp³-hybridized carbons (Fsp3) is 0.714. The Labute approximate surface area is 184 Å². The normalized spacial score (nSPS) is 23.8. The van der Waals surface area contributed by atoms with Gasteiger partial charge >= 0.3 is 6.09 Å². The van der Waals surface area contributed by atoms with Gasteiger partial charge in [0, 0.05) is 23.6 Å². The van der Waals surface area contributed by atoms with Crippen molar-refractivity contribution in [3.05, 3.63) is 28.5 Å². The molecule has 1 fully saturated rings. The fourth-order valence-corrected chi connectivity index (χ4v) is 4.69. The summed E-state index contributed by atoms with van der Waals surface area (Å²) >= 11 is 3.38. The van der Waals surface area contributed by atoms with Crippen LogP contribution in [0.2, 0.25) is 18.1 Å². The van der Waals surface area contributed by atoms with Crippen LogP contribution in [-0.2, 0) is 14.8 Å². The zero-order valence-corrected chi connectivity index (χ0v) is 21.5. The van der Waals surface area contributed by atoms with Gasteiger partial charge in [0.2, 0.25) is 0 Å². The van der Waals surface area contributed by atoms with E-state index >= 15 is 0 Å². The van der Waals surface area contributed by atoms with E-state index in [-0.39, 0.29) is 17.7 Å². The second-order valence-electron chi connectivity index (χ2n) is 10.5. The Kier molecular flexibility index (Phi) is 6.94. The van der Waals surface area contributed by atoms with Crippen LogP contribution in [0.3, 0.4) is 0 Å². The van der Waals surface area contributed by atoms with Crippen LogP contribution in [0.5, 0.6) is 0 Å². The Morgan fingerprint density at radius 1 is 1.28 bits per heavy atom. The molecule has 2 heterocycles. The van der Waals surface area contributed by atoms with Crippen LogP contribution >= 0.6 is 15.9 Å². The quantitative estimate of drug-likeness (QED) is 0.604. The molecule has 1 aromatic rings. The highest BCUT2D eigenvalue weighted by molar-refractivity contribution is 9.10. The van der Waals surface area contributed by atoms with E-state index in [1.54, 1.807) is 17.2 Å². The van der Waals surface area contributed by atoms with Gasteiger partial charge in [0.05, 0.1) is 18.3 Å². The molecule has 1 saturated heterocycles. The first-order chi connectivity index (χ1) is 13.0. The molecular weight excluding hydrogens is 452 g/mol. The second kappa shape index (κ2) is 8.28. The number of aliphatic hydroxyl groups is 1. The molecule has 2 rings (SSSR count). The summed E-state index contributed by atoms with van der Waals surface area (Å²) in [5.74, 6) is 0. The molecule has 2 atom stereocenters. The number of ether oxygens (including phenoxy) is 1. The number of halogens is 1. The lowest BCUT2D eigenvalue weighted by Crippen LogP contribution is -2.58. The Hall–Kier alpha value is -0.963. The van der Waals surface area contributed by atoms with Crippen LogP contribution in [-0.4, -0.2) is 54.2 Å². The number of hydrogen-bond acceptors (Lipinski definition) is 5. The van der Waals surface area contributed by atoms with E-state index in [1.807, 2.05) is 26.8 Å². The molecule has 0 radical (unpaired) electrons. The number of likely N-dealkylation sites (tertiary alicyclic amines) is 1. The number of aromatic nitrogens is 1. The lowest BCUT2D eigenvalue weighted by atomic mass is 9.88. The van der Waals surface area contributed by atoms with Gasteiger partial charge in [-0.15, -0.1) is 0 Å². The predicted octanol–water partition coefficient (Wildman–Crippen LogP) is 5.06. The van der Waals surface area contributed by atoms with Crippen LogP contribution in [0.1, 0.15) is 53.7 Å². The largest absolute Gasteiger partial charge is 0.444 e. The van der Waals surface area contributed by atoms with Gasteiger partial charge in [-0.1, -0.05) is 20.8 Å². The van der Waals surface area contributed by atoms with Crippen molar-refractivity contribution >= 4 is 30.3 Å². The summed E-state index contributed by atoms with van der Waals surface area (Å²) in [5, 5.41) is 11.6. The summed E-state index contributed by atoms with van der Waals surface area (Å²) in [4.78, 5) is 18.8. The lowest BCUT2D eigenvalue weighted by molar-refractivity contribution is -0.0855. The molecule has 1 aliphatic rings. The van der Waals surface area contributed by atoms with Gasteiger partial charge in [0.15, 0.2) is 8.32 Å². The third-order valence-corrected chi connectivity index (χ3v) is 10.6. The monoisotopic (exact) mass is 486 g/mol. The molecule has 0 bridgehead atoms. The first-order valence-electron chi connectivity index (χ1n) is 10.0. The van der Waals surface area contributed by atoms with E-state index in [0.29, 0.717) is 18.7 Å². The summed E-state index contributed by atoms with van der Waals surface area (Å²) in [6, 6.07) is 3.63. The van der Waals surface area contributed by atoms with E-state index < -0.39 is 25.6 Å². The Morgan fingerprint density at radius 2 is 1.90 bits per heavy atom. The maximum absolute atomic E-state index is 12.8. The van der Waals surface area contributed by atoms with Gasteiger partial charge in [-0.2, -0.15) is 0 Å². The van der Waals surface area contributed by atoms with Gasteiger partial charge in [0.1, 0.15) is 11.2 Å². The molecule has 8 heteroatoms. The summed E-state index contributed by atoms with van der Waals surface area (Å²) in [7, 11) is -2.09. The minimum atomic E-state index is -2.09. The smallest absolute Gasteiger partial charge is 0.410 e. The molecule has 6 nitrogen and oxygen atoms in total. The SMILES string of the molecule is CC(C)(C)OC(=O)N1C[C@H](O[Si](C)(C)C(C)(C)C)CC(O)(c2ccc(Br)cn2)C1. The highest BCUT2D eigenvalue weighted by Gasteiger charge is 2.47. The van der Waals surface area contributed by atoms with Crippen LogP contribution in [0, 0.1) is 0 Å². The van der Waals surface area contributed by atoms with Crippen molar-refractivity contribution in [2.45, 2.75) is 83.4 Å². The minimum absolute atomic E-state index is 0.0230. The molecule has 1 unspecified atom stereocenters. The number of piperidine rings is 1. The summed E-state index contributed by atoms with van der Waals surface area (Å²) < 4.78 is 13.0. The van der Waals surface area contributed by atoms with E-state index in [4.69, 9.17) is 9.16 Å². The molecule has 0 spiro atoms.